The third-order valence-electron chi connectivity index (χ3n) is 3.25. The molecule has 0 amide bonds. The maximum Gasteiger partial charge on any atom is 0.0889 e. The van der Waals surface area contributed by atoms with Crippen LogP contribution in [0.3, 0.4) is 0 Å². The molecule has 2 rings (SSSR count). The van der Waals surface area contributed by atoms with Crippen LogP contribution in [0.4, 0.5) is 0 Å². The quantitative estimate of drug-likeness (QED) is 0.820. The first-order chi connectivity index (χ1) is 9.38. The van der Waals surface area contributed by atoms with Gasteiger partial charge in [0.15, 0.2) is 0 Å². The van der Waals surface area contributed by atoms with Gasteiger partial charge in [0, 0.05) is 13.2 Å². The Morgan fingerprint density at radius 3 is 3.05 bits per heavy atom. The van der Waals surface area contributed by atoms with E-state index in [0.717, 1.165) is 37.5 Å². The van der Waals surface area contributed by atoms with Gasteiger partial charge in [0.05, 0.1) is 30.7 Å². The Kier molecular flexibility index (Phi) is 6.27. The standard InChI is InChI=1S/C15H24N2O2/c1-2-16-10-13-6-5-7-14(17-13)11-18-12-15-8-3-4-9-19-15/h5-7,15-16H,2-4,8-12H2,1H3. The summed E-state index contributed by atoms with van der Waals surface area (Å²) in [5, 5.41) is 3.28. The third kappa shape index (κ3) is 5.27. The summed E-state index contributed by atoms with van der Waals surface area (Å²) in [6.07, 6.45) is 3.83. The Hall–Kier alpha value is -0.970. The molecule has 0 radical (unpaired) electrons. The maximum atomic E-state index is 5.71. The Morgan fingerprint density at radius 1 is 1.37 bits per heavy atom. The Bertz CT molecular complexity index is 365. The van der Waals surface area contributed by atoms with Crippen molar-refractivity contribution in [1.29, 1.82) is 0 Å². The number of hydrogen-bond donors (Lipinski definition) is 1. The zero-order valence-electron chi connectivity index (χ0n) is 11.7. The van der Waals surface area contributed by atoms with Crippen molar-refractivity contribution < 1.29 is 9.47 Å². The second-order valence-electron chi connectivity index (χ2n) is 4.90. The first kappa shape index (κ1) is 14.4. The normalized spacial score (nSPS) is 19.5. The van der Waals surface area contributed by atoms with Crippen LogP contribution in [0.1, 0.15) is 37.6 Å². The topological polar surface area (TPSA) is 43.4 Å². The van der Waals surface area contributed by atoms with Crippen molar-refractivity contribution in [2.45, 2.75) is 45.4 Å². The molecule has 1 fully saturated rings. The van der Waals surface area contributed by atoms with Gasteiger partial charge in [-0.2, -0.15) is 0 Å². The van der Waals surface area contributed by atoms with Crippen molar-refractivity contribution in [2.75, 3.05) is 19.8 Å². The molecule has 1 aromatic heterocycles. The van der Waals surface area contributed by atoms with Gasteiger partial charge in [0.25, 0.3) is 0 Å². The summed E-state index contributed by atoms with van der Waals surface area (Å²) in [5.74, 6) is 0. The summed E-state index contributed by atoms with van der Waals surface area (Å²) in [4.78, 5) is 4.56. The Balaban J connectivity index is 1.72. The van der Waals surface area contributed by atoms with Gasteiger partial charge in [-0.05, 0) is 37.9 Å². The predicted molar refractivity (Wildman–Crippen MR) is 74.9 cm³/mol. The average Bonchev–Trinajstić information content (AvgIpc) is 2.47. The van der Waals surface area contributed by atoms with Crippen LogP contribution >= 0.6 is 0 Å². The first-order valence-electron chi connectivity index (χ1n) is 7.23. The SMILES string of the molecule is CCNCc1cccc(COCC2CCCCO2)n1. The van der Waals surface area contributed by atoms with E-state index in [4.69, 9.17) is 9.47 Å². The van der Waals surface area contributed by atoms with Crippen LogP contribution in [0, 0.1) is 0 Å². The third-order valence-corrected chi connectivity index (χ3v) is 3.25. The molecule has 106 valence electrons. The lowest BCUT2D eigenvalue weighted by Crippen LogP contribution is -2.24. The molecule has 19 heavy (non-hydrogen) atoms. The summed E-state index contributed by atoms with van der Waals surface area (Å²) in [6.45, 7) is 6.00. The predicted octanol–water partition coefficient (Wildman–Crippen LogP) is 2.28. The zero-order valence-corrected chi connectivity index (χ0v) is 11.7. The summed E-state index contributed by atoms with van der Waals surface area (Å²) in [6, 6.07) is 6.09. The van der Waals surface area contributed by atoms with Crippen molar-refractivity contribution in [1.82, 2.24) is 10.3 Å². The van der Waals surface area contributed by atoms with Gasteiger partial charge in [0.2, 0.25) is 0 Å². The molecule has 2 heterocycles. The molecule has 0 saturated carbocycles. The molecule has 0 aliphatic carbocycles. The van der Waals surface area contributed by atoms with Crippen molar-refractivity contribution in [3.8, 4) is 0 Å². The molecule has 0 aromatic carbocycles. The highest BCUT2D eigenvalue weighted by molar-refractivity contribution is 5.10. The molecule has 1 unspecified atom stereocenters. The summed E-state index contributed by atoms with van der Waals surface area (Å²) in [7, 11) is 0. The second kappa shape index (κ2) is 8.25. The maximum absolute atomic E-state index is 5.71. The van der Waals surface area contributed by atoms with Crippen LogP contribution in [-0.2, 0) is 22.6 Å². The van der Waals surface area contributed by atoms with Crippen molar-refractivity contribution >= 4 is 0 Å². The molecule has 1 aromatic rings. The van der Waals surface area contributed by atoms with E-state index < -0.39 is 0 Å². The van der Waals surface area contributed by atoms with E-state index in [1.165, 1.54) is 12.8 Å². The molecule has 0 bridgehead atoms. The monoisotopic (exact) mass is 264 g/mol. The fourth-order valence-corrected chi connectivity index (χ4v) is 2.19. The van der Waals surface area contributed by atoms with Crippen LogP contribution in [0.5, 0.6) is 0 Å². The molecule has 1 aliphatic heterocycles. The number of nitrogens with zero attached hydrogens (tertiary/aromatic N) is 1. The minimum atomic E-state index is 0.277. The molecule has 1 N–H and O–H groups in total. The largest absolute Gasteiger partial charge is 0.376 e. The number of pyridine rings is 1. The van der Waals surface area contributed by atoms with E-state index in [0.29, 0.717) is 13.2 Å². The van der Waals surface area contributed by atoms with Gasteiger partial charge in [-0.15, -0.1) is 0 Å². The zero-order chi connectivity index (χ0) is 13.3. The minimum Gasteiger partial charge on any atom is -0.376 e. The molecule has 1 atom stereocenters. The number of hydrogen-bond acceptors (Lipinski definition) is 4. The molecular weight excluding hydrogens is 240 g/mol. The highest BCUT2D eigenvalue weighted by Gasteiger charge is 2.13. The van der Waals surface area contributed by atoms with Gasteiger partial charge in [-0.3, -0.25) is 4.98 Å². The summed E-state index contributed by atoms with van der Waals surface area (Å²) >= 11 is 0. The van der Waals surface area contributed by atoms with Crippen LogP contribution < -0.4 is 5.32 Å². The Morgan fingerprint density at radius 2 is 2.26 bits per heavy atom. The van der Waals surface area contributed by atoms with Gasteiger partial charge >= 0.3 is 0 Å². The van der Waals surface area contributed by atoms with Gasteiger partial charge in [-0.25, -0.2) is 0 Å². The number of nitrogens with one attached hydrogen (secondary N) is 1. The van der Waals surface area contributed by atoms with Crippen LogP contribution in [0.15, 0.2) is 18.2 Å². The number of rotatable bonds is 7. The van der Waals surface area contributed by atoms with Crippen LogP contribution in [0.25, 0.3) is 0 Å². The van der Waals surface area contributed by atoms with E-state index >= 15 is 0 Å². The fraction of sp³-hybridized carbons (Fsp3) is 0.667. The van der Waals surface area contributed by atoms with Crippen molar-refractivity contribution in [3.63, 3.8) is 0 Å². The van der Waals surface area contributed by atoms with Gasteiger partial charge in [0.1, 0.15) is 0 Å². The van der Waals surface area contributed by atoms with Crippen molar-refractivity contribution in [3.05, 3.63) is 29.6 Å². The average molecular weight is 264 g/mol. The number of aromatic nitrogens is 1. The lowest BCUT2D eigenvalue weighted by molar-refractivity contribution is -0.0452. The molecular formula is C15H24N2O2. The van der Waals surface area contributed by atoms with Crippen molar-refractivity contribution in [2.24, 2.45) is 0 Å². The second-order valence-corrected chi connectivity index (χ2v) is 4.90. The smallest absolute Gasteiger partial charge is 0.0889 e. The molecule has 0 spiro atoms. The first-order valence-corrected chi connectivity index (χ1v) is 7.23. The van der Waals surface area contributed by atoms with E-state index in [1.807, 2.05) is 18.2 Å². The highest BCUT2D eigenvalue weighted by atomic mass is 16.5. The van der Waals surface area contributed by atoms with E-state index in [9.17, 15) is 0 Å². The lowest BCUT2D eigenvalue weighted by atomic mass is 10.1. The summed E-state index contributed by atoms with van der Waals surface area (Å²) < 4.78 is 11.3. The lowest BCUT2D eigenvalue weighted by Gasteiger charge is -2.22. The Labute approximate surface area is 115 Å². The fourth-order valence-electron chi connectivity index (χ4n) is 2.19. The molecule has 4 nitrogen and oxygen atoms in total. The molecule has 1 aliphatic rings. The van der Waals surface area contributed by atoms with E-state index in [1.54, 1.807) is 0 Å². The number of ether oxygens (including phenoxy) is 2. The molecule has 1 saturated heterocycles. The summed E-state index contributed by atoms with van der Waals surface area (Å²) in [5.41, 5.74) is 2.06. The molecule has 4 heteroatoms. The van der Waals surface area contributed by atoms with Gasteiger partial charge < -0.3 is 14.8 Å². The minimum absolute atomic E-state index is 0.277. The van der Waals surface area contributed by atoms with Crippen LogP contribution in [-0.4, -0.2) is 30.8 Å². The van der Waals surface area contributed by atoms with E-state index in [-0.39, 0.29) is 6.10 Å². The highest BCUT2D eigenvalue weighted by Crippen LogP contribution is 2.13. The van der Waals surface area contributed by atoms with E-state index in [2.05, 4.69) is 17.2 Å². The van der Waals surface area contributed by atoms with Crippen LogP contribution in [0.2, 0.25) is 0 Å². The van der Waals surface area contributed by atoms with Gasteiger partial charge in [-0.1, -0.05) is 13.0 Å².